The molecule has 0 aromatic heterocycles. The Balaban J connectivity index is 2.41. The molecule has 0 fully saturated rings. The highest BCUT2D eigenvalue weighted by molar-refractivity contribution is 5.72. The van der Waals surface area contributed by atoms with Gasteiger partial charge in [-0.25, -0.2) is 0 Å². The topological polar surface area (TPSA) is 55.8 Å². The molecule has 0 aliphatic rings. The van der Waals surface area contributed by atoms with Gasteiger partial charge in [0, 0.05) is 0 Å². The summed E-state index contributed by atoms with van der Waals surface area (Å²) in [5.41, 5.74) is 0.829. The van der Waals surface area contributed by atoms with Crippen LogP contribution in [0.15, 0.2) is 24.3 Å². The zero-order valence-corrected chi connectivity index (χ0v) is 10.2. The summed E-state index contributed by atoms with van der Waals surface area (Å²) in [6.07, 6.45) is 0. The summed E-state index contributed by atoms with van der Waals surface area (Å²) in [5, 5.41) is 8.88. The van der Waals surface area contributed by atoms with Crippen molar-refractivity contribution in [3.63, 3.8) is 0 Å². The van der Waals surface area contributed by atoms with Gasteiger partial charge in [-0.05, 0) is 31.5 Å². The van der Waals surface area contributed by atoms with Crippen molar-refractivity contribution in [2.24, 2.45) is 5.92 Å². The molecular formula is C13H18O4. The molecule has 0 saturated heterocycles. The zero-order chi connectivity index (χ0) is 12.7. The van der Waals surface area contributed by atoms with Crippen LogP contribution in [-0.2, 0) is 16.1 Å². The summed E-state index contributed by atoms with van der Waals surface area (Å²) in [6, 6.07) is 7.10. The fourth-order valence-electron chi connectivity index (χ4n) is 1.26. The van der Waals surface area contributed by atoms with Crippen LogP contribution in [0.25, 0.3) is 0 Å². The fraction of sp³-hybridized carbons (Fsp3) is 0.462. The second kappa shape index (κ2) is 6.91. The first-order valence-electron chi connectivity index (χ1n) is 5.66. The molecule has 0 bridgehead atoms. The molecule has 0 saturated carbocycles. The molecule has 17 heavy (non-hydrogen) atoms. The van der Waals surface area contributed by atoms with Crippen molar-refractivity contribution < 1.29 is 19.4 Å². The van der Waals surface area contributed by atoms with E-state index in [2.05, 4.69) is 0 Å². The van der Waals surface area contributed by atoms with Gasteiger partial charge in [-0.1, -0.05) is 12.1 Å². The molecule has 0 aliphatic heterocycles. The second-order valence-corrected chi connectivity index (χ2v) is 3.77. The number of carbonyl (C=O) groups excluding carboxylic acids is 1. The third-order valence-corrected chi connectivity index (χ3v) is 2.29. The van der Waals surface area contributed by atoms with Crippen LogP contribution in [0.5, 0.6) is 5.75 Å². The van der Waals surface area contributed by atoms with Gasteiger partial charge in [-0.15, -0.1) is 0 Å². The largest absolute Gasteiger partial charge is 0.493 e. The summed E-state index contributed by atoms with van der Waals surface area (Å²) in [6.45, 7) is 4.23. The molecule has 1 N–H and O–H groups in total. The van der Waals surface area contributed by atoms with Crippen molar-refractivity contribution in [2.45, 2.75) is 20.5 Å². The summed E-state index contributed by atoms with van der Waals surface area (Å²) in [4.78, 5) is 11.3. The predicted molar refractivity (Wildman–Crippen MR) is 63.7 cm³/mol. The van der Waals surface area contributed by atoms with E-state index in [1.165, 1.54) is 0 Å². The third kappa shape index (κ3) is 4.44. The van der Waals surface area contributed by atoms with Gasteiger partial charge in [0.2, 0.25) is 0 Å². The van der Waals surface area contributed by atoms with Crippen LogP contribution < -0.4 is 4.74 Å². The molecular weight excluding hydrogens is 220 g/mol. The van der Waals surface area contributed by atoms with Gasteiger partial charge >= 0.3 is 5.97 Å². The predicted octanol–water partition coefficient (Wildman–Crippen LogP) is 1.76. The minimum Gasteiger partial charge on any atom is -0.493 e. The molecule has 4 nitrogen and oxygen atoms in total. The average Bonchev–Trinajstić information content (AvgIpc) is 2.36. The van der Waals surface area contributed by atoms with Crippen LogP contribution >= 0.6 is 0 Å². The number of ether oxygens (including phenoxy) is 2. The number of aliphatic hydroxyl groups is 1. The Morgan fingerprint density at radius 3 is 2.53 bits per heavy atom. The van der Waals surface area contributed by atoms with E-state index in [4.69, 9.17) is 14.6 Å². The smallest absolute Gasteiger partial charge is 0.312 e. The van der Waals surface area contributed by atoms with E-state index in [-0.39, 0.29) is 25.1 Å². The number of rotatable bonds is 6. The summed E-state index contributed by atoms with van der Waals surface area (Å²) in [5.74, 6) is 0.144. The molecule has 0 spiro atoms. The van der Waals surface area contributed by atoms with Gasteiger partial charge in [-0.3, -0.25) is 4.79 Å². The van der Waals surface area contributed by atoms with E-state index in [9.17, 15) is 4.79 Å². The number of carbonyl (C=O) groups is 1. The van der Waals surface area contributed by atoms with Crippen LogP contribution in [0.2, 0.25) is 0 Å². The zero-order valence-electron chi connectivity index (χ0n) is 10.2. The van der Waals surface area contributed by atoms with Crippen LogP contribution in [0.1, 0.15) is 19.4 Å². The quantitative estimate of drug-likeness (QED) is 0.767. The Morgan fingerprint density at radius 1 is 1.35 bits per heavy atom. The van der Waals surface area contributed by atoms with Crippen LogP contribution in [0, 0.1) is 5.92 Å². The normalized spacial score (nSPS) is 11.9. The number of hydrogen-bond donors (Lipinski definition) is 1. The minimum absolute atomic E-state index is 0.0134. The molecule has 1 unspecified atom stereocenters. The molecule has 4 heteroatoms. The van der Waals surface area contributed by atoms with Crippen LogP contribution in [0.4, 0.5) is 0 Å². The van der Waals surface area contributed by atoms with E-state index in [1.54, 1.807) is 38.1 Å². The number of hydrogen-bond acceptors (Lipinski definition) is 4. The Labute approximate surface area is 101 Å². The van der Waals surface area contributed by atoms with Crippen LogP contribution in [-0.4, -0.2) is 24.3 Å². The Kier molecular flexibility index (Phi) is 5.49. The van der Waals surface area contributed by atoms with Crippen molar-refractivity contribution in [1.29, 1.82) is 0 Å². The number of aliphatic hydroxyl groups excluding tert-OH is 1. The number of esters is 1. The minimum atomic E-state index is -0.285. The lowest BCUT2D eigenvalue weighted by Gasteiger charge is -2.12. The molecule has 0 amide bonds. The van der Waals surface area contributed by atoms with Gasteiger partial charge in [0.05, 0.1) is 19.1 Å². The van der Waals surface area contributed by atoms with E-state index < -0.39 is 0 Å². The lowest BCUT2D eigenvalue weighted by Crippen LogP contribution is -2.21. The standard InChI is InChI=1S/C13H18O4/c1-3-16-13(15)10(2)9-17-12-6-4-11(8-14)5-7-12/h4-7,10,14H,3,8-9H2,1-2H3. The molecule has 94 valence electrons. The first-order valence-corrected chi connectivity index (χ1v) is 5.66. The van der Waals surface area contributed by atoms with Gasteiger partial charge in [-0.2, -0.15) is 0 Å². The van der Waals surface area contributed by atoms with Crippen molar-refractivity contribution >= 4 is 5.97 Å². The molecule has 1 atom stereocenters. The highest BCUT2D eigenvalue weighted by Crippen LogP contribution is 2.13. The Hall–Kier alpha value is -1.55. The third-order valence-electron chi connectivity index (χ3n) is 2.29. The molecule has 1 aromatic carbocycles. The highest BCUT2D eigenvalue weighted by Gasteiger charge is 2.14. The van der Waals surface area contributed by atoms with Gasteiger partial charge in [0.15, 0.2) is 0 Å². The SMILES string of the molecule is CCOC(=O)C(C)COc1ccc(CO)cc1. The summed E-state index contributed by atoms with van der Waals surface area (Å²) < 4.78 is 10.3. The van der Waals surface area contributed by atoms with E-state index >= 15 is 0 Å². The van der Waals surface area contributed by atoms with Gasteiger partial charge < -0.3 is 14.6 Å². The molecule has 0 radical (unpaired) electrons. The second-order valence-electron chi connectivity index (χ2n) is 3.77. The molecule has 1 rings (SSSR count). The molecule has 0 heterocycles. The van der Waals surface area contributed by atoms with Crippen molar-refractivity contribution in [2.75, 3.05) is 13.2 Å². The molecule has 1 aromatic rings. The fourth-order valence-corrected chi connectivity index (χ4v) is 1.26. The maximum atomic E-state index is 11.3. The monoisotopic (exact) mass is 238 g/mol. The average molecular weight is 238 g/mol. The van der Waals surface area contributed by atoms with E-state index in [1.807, 2.05) is 0 Å². The number of benzene rings is 1. The lowest BCUT2D eigenvalue weighted by molar-refractivity contribution is -0.148. The van der Waals surface area contributed by atoms with Crippen molar-refractivity contribution in [3.05, 3.63) is 29.8 Å². The van der Waals surface area contributed by atoms with Crippen molar-refractivity contribution in [3.8, 4) is 5.75 Å². The Bertz CT molecular complexity index is 345. The maximum absolute atomic E-state index is 11.3. The first kappa shape index (κ1) is 13.5. The van der Waals surface area contributed by atoms with Gasteiger partial charge in [0.25, 0.3) is 0 Å². The summed E-state index contributed by atoms with van der Waals surface area (Å²) >= 11 is 0. The van der Waals surface area contributed by atoms with E-state index in [0.29, 0.717) is 12.4 Å². The van der Waals surface area contributed by atoms with Gasteiger partial charge in [0.1, 0.15) is 12.4 Å². The molecule has 0 aliphatic carbocycles. The lowest BCUT2D eigenvalue weighted by atomic mass is 10.2. The maximum Gasteiger partial charge on any atom is 0.312 e. The highest BCUT2D eigenvalue weighted by atomic mass is 16.5. The Morgan fingerprint density at radius 2 is 2.00 bits per heavy atom. The summed E-state index contributed by atoms with van der Waals surface area (Å²) in [7, 11) is 0. The van der Waals surface area contributed by atoms with Crippen molar-refractivity contribution in [1.82, 2.24) is 0 Å². The van der Waals surface area contributed by atoms with E-state index in [0.717, 1.165) is 5.56 Å². The first-order chi connectivity index (χ1) is 8.17. The van der Waals surface area contributed by atoms with Crippen LogP contribution in [0.3, 0.4) is 0 Å².